The van der Waals surface area contributed by atoms with E-state index in [4.69, 9.17) is 23.2 Å². The van der Waals surface area contributed by atoms with Crippen molar-refractivity contribution in [1.82, 2.24) is 10.9 Å². The largest absolute Gasteiger partial charge is 0.329 e. The van der Waals surface area contributed by atoms with E-state index < -0.39 is 11.8 Å². The molecule has 0 aliphatic rings. The molecule has 0 unspecified atom stereocenters. The van der Waals surface area contributed by atoms with E-state index in [1.165, 1.54) is 0 Å². The Morgan fingerprint density at radius 3 is 1.27 bits per heavy atom. The van der Waals surface area contributed by atoms with Gasteiger partial charge in [-0.3, -0.25) is 31.3 Å². The molecule has 0 bridgehead atoms. The summed E-state index contributed by atoms with van der Waals surface area (Å²) in [6.45, 7) is 0. The highest BCUT2D eigenvalue weighted by molar-refractivity contribution is 6.35. The summed E-state index contributed by atoms with van der Waals surface area (Å²) in [6, 6.07) is 13.2. The molecule has 0 aromatic heterocycles. The average molecular weight is 339 g/mol. The molecule has 22 heavy (non-hydrogen) atoms. The van der Waals surface area contributed by atoms with E-state index in [2.05, 4.69) is 21.7 Å². The number of benzene rings is 2. The zero-order valence-corrected chi connectivity index (χ0v) is 12.7. The van der Waals surface area contributed by atoms with Gasteiger partial charge >= 0.3 is 11.8 Å². The quantitative estimate of drug-likeness (QED) is 0.510. The van der Waals surface area contributed by atoms with Crippen LogP contribution in [0.4, 0.5) is 11.4 Å². The smallest absolute Gasteiger partial charge is 0.298 e. The van der Waals surface area contributed by atoms with Crippen LogP contribution in [0.3, 0.4) is 0 Å². The number of carbonyl (C=O) groups excluding carboxylic acids is 2. The lowest BCUT2D eigenvalue weighted by Crippen LogP contribution is -2.44. The highest BCUT2D eigenvalue weighted by Gasteiger charge is 2.12. The fourth-order valence-electron chi connectivity index (χ4n) is 1.44. The van der Waals surface area contributed by atoms with Crippen molar-refractivity contribution in [2.24, 2.45) is 0 Å². The summed E-state index contributed by atoms with van der Waals surface area (Å²) in [6.07, 6.45) is 0. The minimum atomic E-state index is -0.851. The normalized spacial score (nSPS) is 9.73. The number of halogens is 2. The number of hydrazine groups is 2. The molecule has 6 nitrogen and oxygen atoms in total. The summed E-state index contributed by atoms with van der Waals surface area (Å²) < 4.78 is 0. The second-order valence-electron chi connectivity index (χ2n) is 4.17. The highest BCUT2D eigenvalue weighted by atomic mass is 35.5. The molecule has 2 aromatic carbocycles. The average Bonchev–Trinajstić information content (AvgIpc) is 2.53. The number of amides is 2. The zero-order chi connectivity index (χ0) is 15.9. The molecule has 8 heteroatoms. The highest BCUT2D eigenvalue weighted by Crippen LogP contribution is 2.13. The van der Waals surface area contributed by atoms with Crippen LogP contribution < -0.4 is 21.7 Å². The van der Waals surface area contributed by atoms with Crippen molar-refractivity contribution in [3.05, 3.63) is 58.6 Å². The van der Waals surface area contributed by atoms with Gasteiger partial charge in [0.25, 0.3) is 0 Å². The van der Waals surface area contributed by atoms with Crippen LogP contribution in [0.1, 0.15) is 0 Å². The monoisotopic (exact) mass is 338 g/mol. The van der Waals surface area contributed by atoms with Gasteiger partial charge in [-0.15, -0.1) is 0 Å². The van der Waals surface area contributed by atoms with Crippen LogP contribution in [0.15, 0.2) is 48.5 Å². The first-order valence-electron chi connectivity index (χ1n) is 6.18. The summed E-state index contributed by atoms with van der Waals surface area (Å²) in [4.78, 5) is 23.2. The maximum Gasteiger partial charge on any atom is 0.329 e. The Hall–Kier alpha value is -2.44. The van der Waals surface area contributed by atoms with Gasteiger partial charge in [0.1, 0.15) is 0 Å². The Balaban J connectivity index is 1.78. The van der Waals surface area contributed by atoms with E-state index in [0.29, 0.717) is 21.4 Å². The van der Waals surface area contributed by atoms with Gasteiger partial charge in [0.2, 0.25) is 0 Å². The lowest BCUT2D eigenvalue weighted by molar-refractivity contribution is -0.138. The van der Waals surface area contributed by atoms with Crippen LogP contribution >= 0.6 is 23.2 Å². The van der Waals surface area contributed by atoms with E-state index in [9.17, 15) is 9.59 Å². The van der Waals surface area contributed by atoms with Crippen LogP contribution in [-0.2, 0) is 9.59 Å². The summed E-state index contributed by atoms with van der Waals surface area (Å²) in [5, 5.41) is 1.14. The fourth-order valence-corrected chi connectivity index (χ4v) is 1.69. The summed E-state index contributed by atoms with van der Waals surface area (Å²) >= 11 is 11.5. The van der Waals surface area contributed by atoms with E-state index in [-0.39, 0.29) is 0 Å². The van der Waals surface area contributed by atoms with Crippen LogP contribution in [0, 0.1) is 0 Å². The standard InChI is InChI=1S/C14H12Cl2N4O2/c15-9-1-5-11(6-2-9)17-19-13(21)14(22)20-18-12-7-3-10(16)4-8-12/h1-8,17-18H,(H,19,21)(H,20,22). The van der Waals surface area contributed by atoms with E-state index in [1.54, 1.807) is 48.5 Å². The third kappa shape index (κ3) is 4.83. The Kier molecular flexibility index (Phi) is 5.46. The maximum atomic E-state index is 11.6. The Morgan fingerprint density at radius 1 is 0.636 bits per heavy atom. The van der Waals surface area contributed by atoms with Crippen LogP contribution in [0.5, 0.6) is 0 Å². The molecular formula is C14H12Cl2N4O2. The van der Waals surface area contributed by atoms with Gasteiger partial charge in [-0.05, 0) is 48.5 Å². The van der Waals surface area contributed by atoms with Crippen molar-refractivity contribution in [1.29, 1.82) is 0 Å². The molecule has 2 rings (SSSR count). The molecule has 0 heterocycles. The van der Waals surface area contributed by atoms with Crippen molar-refractivity contribution in [2.45, 2.75) is 0 Å². The minimum Gasteiger partial charge on any atom is -0.298 e. The molecule has 2 amide bonds. The van der Waals surface area contributed by atoms with Crippen molar-refractivity contribution in [3.8, 4) is 0 Å². The summed E-state index contributed by atoms with van der Waals surface area (Å²) in [7, 11) is 0. The lowest BCUT2D eigenvalue weighted by atomic mass is 10.3. The van der Waals surface area contributed by atoms with Gasteiger partial charge in [0, 0.05) is 10.0 Å². The Labute approximate surface area is 136 Å². The van der Waals surface area contributed by atoms with E-state index in [1.807, 2.05) is 0 Å². The molecule has 0 aliphatic heterocycles. The number of carbonyl (C=O) groups is 2. The summed E-state index contributed by atoms with van der Waals surface area (Å²) in [5.41, 5.74) is 10.9. The van der Waals surface area contributed by atoms with Crippen LogP contribution in [0.2, 0.25) is 10.0 Å². The Bertz CT molecular complexity index is 600. The molecule has 0 fully saturated rings. The maximum absolute atomic E-state index is 11.6. The predicted octanol–water partition coefficient (Wildman–Crippen LogP) is 2.58. The van der Waals surface area contributed by atoms with Crippen molar-refractivity contribution in [3.63, 3.8) is 0 Å². The fraction of sp³-hybridized carbons (Fsp3) is 0. The number of hydrogen-bond acceptors (Lipinski definition) is 4. The van der Waals surface area contributed by atoms with E-state index in [0.717, 1.165) is 0 Å². The predicted molar refractivity (Wildman–Crippen MR) is 86.4 cm³/mol. The van der Waals surface area contributed by atoms with Gasteiger partial charge in [-0.1, -0.05) is 23.2 Å². The molecule has 0 saturated heterocycles. The molecule has 0 saturated carbocycles. The first-order chi connectivity index (χ1) is 10.5. The van der Waals surface area contributed by atoms with Crippen LogP contribution in [-0.4, -0.2) is 11.8 Å². The van der Waals surface area contributed by atoms with Crippen LogP contribution in [0.25, 0.3) is 0 Å². The Morgan fingerprint density at radius 2 is 0.955 bits per heavy atom. The molecule has 0 atom stereocenters. The molecule has 2 aromatic rings. The van der Waals surface area contributed by atoms with Gasteiger partial charge in [0.05, 0.1) is 11.4 Å². The topological polar surface area (TPSA) is 82.3 Å². The van der Waals surface area contributed by atoms with Gasteiger partial charge < -0.3 is 0 Å². The second-order valence-corrected chi connectivity index (χ2v) is 5.04. The van der Waals surface area contributed by atoms with Gasteiger partial charge in [-0.25, -0.2) is 0 Å². The first kappa shape index (κ1) is 15.9. The number of rotatable bonds is 4. The van der Waals surface area contributed by atoms with E-state index >= 15 is 0 Å². The number of hydrogen-bond donors (Lipinski definition) is 4. The molecular weight excluding hydrogens is 327 g/mol. The zero-order valence-electron chi connectivity index (χ0n) is 11.2. The molecule has 0 radical (unpaired) electrons. The van der Waals surface area contributed by atoms with Crippen molar-refractivity contribution < 1.29 is 9.59 Å². The molecule has 114 valence electrons. The molecule has 0 spiro atoms. The number of anilines is 2. The minimum absolute atomic E-state index is 0.571. The first-order valence-corrected chi connectivity index (χ1v) is 6.93. The van der Waals surface area contributed by atoms with Gasteiger partial charge in [-0.2, -0.15) is 0 Å². The lowest BCUT2D eigenvalue weighted by Gasteiger charge is -2.10. The molecule has 4 N–H and O–H groups in total. The van der Waals surface area contributed by atoms with Crippen molar-refractivity contribution in [2.75, 3.05) is 10.9 Å². The second kappa shape index (κ2) is 7.53. The third-order valence-electron chi connectivity index (χ3n) is 2.54. The van der Waals surface area contributed by atoms with Gasteiger partial charge in [0.15, 0.2) is 0 Å². The number of nitrogens with one attached hydrogen (secondary N) is 4. The molecule has 0 aliphatic carbocycles. The third-order valence-corrected chi connectivity index (χ3v) is 3.04. The summed E-state index contributed by atoms with van der Waals surface area (Å²) in [5.74, 6) is -1.70. The SMILES string of the molecule is O=C(NNc1ccc(Cl)cc1)C(=O)NNc1ccc(Cl)cc1. The van der Waals surface area contributed by atoms with Crippen molar-refractivity contribution >= 4 is 46.4 Å².